The van der Waals surface area contributed by atoms with E-state index in [2.05, 4.69) is 16.6 Å². The summed E-state index contributed by atoms with van der Waals surface area (Å²) < 4.78 is 9.60. The Balaban J connectivity index is 3.13. The summed E-state index contributed by atoms with van der Waals surface area (Å²) in [4.78, 5) is 10.9. The average Bonchev–Trinajstić information content (AvgIpc) is 2.27. The second-order valence-electron chi connectivity index (χ2n) is 3.38. The Morgan fingerprint density at radius 2 is 1.75 bits per heavy atom. The van der Waals surface area contributed by atoms with Gasteiger partial charge in [0.1, 0.15) is 5.75 Å². The summed E-state index contributed by atoms with van der Waals surface area (Å²) in [7, 11) is 2.93. The average molecular weight is 218 g/mol. The number of benzene rings is 1. The molecule has 3 nitrogen and oxygen atoms in total. The molecule has 0 fully saturated rings. The molecule has 0 aliphatic rings. The smallest absolute Gasteiger partial charge is 0.384 e. The highest BCUT2D eigenvalue weighted by molar-refractivity contribution is 5.89. The molecule has 1 aromatic rings. The molecule has 0 spiro atoms. The summed E-state index contributed by atoms with van der Waals surface area (Å²) >= 11 is 0. The SMILES string of the molecule is COC(=O)C#Cc1c(C)cc(OC)cc1C. The number of hydrogen-bond donors (Lipinski definition) is 0. The quantitative estimate of drug-likeness (QED) is 0.533. The minimum atomic E-state index is -0.533. The van der Waals surface area contributed by atoms with E-state index in [0.717, 1.165) is 22.4 Å². The third kappa shape index (κ3) is 2.77. The van der Waals surface area contributed by atoms with Crippen LogP contribution in [0.15, 0.2) is 12.1 Å². The molecule has 0 bridgehead atoms. The number of aryl methyl sites for hydroxylation is 2. The zero-order chi connectivity index (χ0) is 12.1. The van der Waals surface area contributed by atoms with Crippen molar-refractivity contribution in [1.82, 2.24) is 0 Å². The van der Waals surface area contributed by atoms with E-state index in [1.54, 1.807) is 7.11 Å². The van der Waals surface area contributed by atoms with Gasteiger partial charge in [0.05, 0.1) is 14.2 Å². The number of carbonyl (C=O) groups excluding carboxylic acids is 1. The standard InChI is InChI=1S/C13H14O3/c1-9-7-11(15-3)8-10(2)12(9)5-6-13(14)16-4/h7-8H,1-4H3. The molecule has 0 saturated heterocycles. The minimum absolute atomic E-state index is 0.533. The number of rotatable bonds is 1. The molecule has 84 valence electrons. The molecular formula is C13H14O3. The van der Waals surface area contributed by atoms with Gasteiger partial charge in [0.2, 0.25) is 0 Å². The fourth-order valence-corrected chi connectivity index (χ4v) is 1.40. The van der Waals surface area contributed by atoms with Gasteiger partial charge in [-0.25, -0.2) is 4.79 Å². The van der Waals surface area contributed by atoms with Crippen LogP contribution in [-0.2, 0) is 9.53 Å². The number of ether oxygens (including phenoxy) is 2. The normalized spacial score (nSPS) is 9.00. The van der Waals surface area contributed by atoms with Crippen molar-refractivity contribution < 1.29 is 14.3 Å². The Bertz CT molecular complexity index is 441. The first-order valence-electron chi connectivity index (χ1n) is 4.83. The Morgan fingerprint density at radius 1 is 1.19 bits per heavy atom. The molecule has 1 rings (SSSR count). The molecule has 0 aliphatic carbocycles. The highest BCUT2D eigenvalue weighted by Gasteiger charge is 2.03. The molecule has 0 heterocycles. The molecule has 0 N–H and O–H groups in total. The van der Waals surface area contributed by atoms with Gasteiger partial charge >= 0.3 is 5.97 Å². The van der Waals surface area contributed by atoms with Crippen LogP contribution >= 0.6 is 0 Å². The first-order chi connectivity index (χ1) is 7.58. The Kier molecular flexibility index (Phi) is 3.96. The molecule has 3 heteroatoms. The van der Waals surface area contributed by atoms with Gasteiger partial charge in [-0.3, -0.25) is 0 Å². The van der Waals surface area contributed by atoms with Crippen molar-refractivity contribution in [2.24, 2.45) is 0 Å². The largest absolute Gasteiger partial charge is 0.497 e. The van der Waals surface area contributed by atoms with Gasteiger partial charge in [-0.15, -0.1) is 0 Å². The molecule has 1 aromatic carbocycles. The summed E-state index contributed by atoms with van der Waals surface area (Å²) in [5.74, 6) is 5.48. The molecule has 0 amide bonds. The van der Waals surface area contributed by atoms with Gasteiger partial charge in [-0.2, -0.15) is 0 Å². The van der Waals surface area contributed by atoms with Crippen molar-refractivity contribution >= 4 is 5.97 Å². The first kappa shape index (κ1) is 12.1. The van der Waals surface area contributed by atoms with E-state index >= 15 is 0 Å². The summed E-state index contributed by atoms with van der Waals surface area (Å²) in [6.07, 6.45) is 0. The van der Waals surface area contributed by atoms with Gasteiger partial charge in [0.25, 0.3) is 0 Å². The van der Waals surface area contributed by atoms with Crippen molar-refractivity contribution in [2.45, 2.75) is 13.8 Å². The summed E-state index contributed by atoms with van der Waals surface area (Å²) in [6.45, 7) is 3.85. The van der Waals surface area contributed by atoms with E-state index in [4.69, 9.17) is 4.74 Å². The molecule has 0 unspecified atom stereocenters. The van der Waals surface area contributed by atoms with Crippen molar-refractivity contribution in [3.8, 4) is 17.6 Å². The third-order valence-electron chi connectivity index (χ3n) is 2.22. The number of esters is 1. The lowest BCUT2D eigenvalue weighted by Crippen LogP contribution is -1.96. The Labute approximate surface area is 95.4 Å². The van der Waals surface area contributed by atoms with Crippen molar-refractivity contribution in [3.05, 3.63) is 28.8 Å². The van der Waals surface area contributed by atoms with E-state index in [-0.39, 0.29) is 0 Å². The monoisotopic (exact) mass is 218 g/mol. The van der Waals surface area contributed by atoms with Crippen LogP contribution in [0.1, 0.15) is 16.7 Å². The second kappa shape index (κ2) is 5.22. The van der Waals surface area contributed by atoms with Crippen LogP contribution in [0.3, 0.4) is 0 Å². The zero-order valence-electron chi connectivity index (χ0n) is 9.88. The fourth-order valence-electron chi connectivity index (χ4n) is 1.40. The topological polar surface area (TPSA) is 35.5 Å². The van der Waals surface area contributed by atoms with E-state index in [1.165, 1.54) is 7.11 Å². The maximum absolute atomic E-state index is 10.9. The van der Waals surface area contributed by atoms with E-state index in [1.807, 2.05) is 26.0 Å². The number of hydrogen-bond acceptors (Lipinski definition) is 3. The summed E-state index contributed by atoms with van der Waals surface area (Å²) in [5, 5.41) is 0. The Morgan fingerprint density at radius 3 is 2.19 bits per heavy atom. The van der Waals surface area contributed by atoms with Crippen LogP contribution < -0.4 is 4.74 Å². The molecule has 0 aromatic heterocycles. The van der Waals surface area contributed by atoms with Crippen LogP contribution in [0.25, 0.3) is 0 Å². The van der Waals surface area contributed by atoms with Crippen LogP contribution in [0.5, 0.6) is 5.75 Å². The predicted octanol–water partition coefficient (Wildman–Crippen LogP) is 1.84. The predicted molar refractivity (Wildman–Crippen MR) is 61.4 cm³/mol. The lowest BCUT2D eigenvalue weighted by molar-refractivity contribution is -0.133. The van der Waals surface area contributed by atoms with Crippen molar-refractivity contribution in [2.75, 3.05) is 14.2 Å². The molecule has 0 atom stereocenters. The molecular weight excluding hydrogens is 204 g/mol. The van der Waals surface area contributed by atoms with E-state index in [0.29, 0.717) is 0 Å². The van der Waals surface area contributed by atoms with Gasteiger partial charge < -0.3 is 9.47 Å². The zero-order valence-corrected chi connectivity index (χ0v) is 9.88. The maximum atomic E-state index is 10.9. The molecule has 0 radical (unpaired) electrons. The van der Waals surface area contributed by atoms with Gasteiger partial charge in [-0.1, -0.05) is 5.92 Å². The first-order valence-corrected chi connectivity index (χ1v) is 4.83. The summed E-state index contributed by atoms with van der Waals surface area (Å²) in [6, 6.07) is 3.77. The highest BCUT2D eigenvalue weighted by atomic mass is 16.5. The van der Waals surface area contributed by atoms with Gasteiger partial charge in [0.15, 0.2) is 0 Å². The van der Waals surface area contributed by atoms with Crippen LogP contribution in [-0.4, -0.2) is 20.2 Å². The maximum Gasteiger partial charge on any atom is 0.384 e. The molecule has 16 heavy (non-hydrogen) atoms. The summed E-state index contributed by atoms with van der Waals surface area (Å²) in [5.41, 5.74) is 2.80. The van der Waals surface area contributed by atoms with Gasteiger partial charge in [0, 0.05) is 11.5 Å². The lowest BCUT2D eigenvalue weighted by atomic mass is 10.0. The number of methoxy groups -OCH3 is 2. The second-order valence-corrected chi connectivity index (χ2v) is 3.38. The lowest BCUT2D eigenvalue weighted by Gasteiger charge is -2.06. The number of carbonyl (C=O) groups is 1. The minimum Gasteiger partial charge on any atom is -0.497 e. The van der Waals surface area contributed by atoms with Gasteiger partial charge in [-0.05, 0) is 37.1 Å². The van der Waals surface area contributed by atoms with Crippen LogP contribution in [0.2, 0.25) is 0 Å². The van der Waals surface area contributed by atoms with Crippen molar-refractivity contribution in [3.63, 3.8) is 0 Å². The van der Waals surface area contributed by atoms with E-state index < -0.39 is 5.97 Å². The fraction of sp³-hybridized carbons (Fsp3) is 0.308. The molecule has 0 saturated carbocycles. The van der Waals surface area contributed by atoms with Crippen LogP contribution in [0.4, 0.5) is 0 Å². The molecule has 0 aliphatic heterocycles. The Hall–Kier alpha value is -1.95. The van der Waals surface area contributed by atoms with Crippen molar-refractivity contribution in [1.29, 1.82) is 0 Å². The highest BCUT2D eigenvalue weighted by Crippen LogP contribution is 2.20. The third-order valence-corrected chi connectivity index (χ3v) is 2.22. The van der Waals surface area contributed by atoms with Crippen LogP contribution in [0, 0.1) is 25.7 Å². The van der Waals surface area contributed by atoms with E-state index in [9.17, 15) is 4.79 Å².